The molecule has 0 aliphatic carbocycles. The molecule has 0 aromatic heterocycles. The monoisotopic (exact) mass is 199 g/mol. The van der Waals surface area contributed by atoms with Gasteiger partial charge in [0, 0.05) is 17.7 Å². The molecule has 0 amide bonds. The molecule has 0 aliphatic rings. The van der Waals surface area contributed by atoms with Gasteiger partial charge in [0.25, 0.3) is 0 Å². The second-order valence-corrected chi connectivity index (χ2v) is 3.33. The number of benzene rings is 1. The molecule has 0 saturated heterocycles. The van der Waals surface area contributed by atoms with Crippen molar-refractivity contribution in [2.24, 2.45) is 5.73 Å². The Labute approximate surface area is 82.9 Å². The fourth-order valence-corrected chi connectivity index (χ4v) is 1.55. The molecular formula is C11H15F2N. The number of halogens is 2. The number of rotatable bonds is 3. The van der Waals surface area contributed by atoms with E-state index in [-0.39, 0.29) is 6.04 Å². The van der Waals surface area contributed by atoms with Crippen molar-refractivity contribution < 1.29 is 8.78 Å². The summed E-state index contributed by atoms with van der Waals surface area (Å²) in [6.45, 7) is 3.74. The maximum atomic E-state index is 13.4. The molecule has 78 valence electrons. The van der Waals surface area contributed by atoms with Crippen LogP contribution < -0.4 is 5.73 Å². The first-order valence-corrected chi connectivity index (χ1v) is 4.83. The SMILES string of the molecule is CCc1cc(F)cc(F)c1C(N)CC. The lowest BCUT2D eigenvalue weighted by molar-refractivity contribution is 0.545. The van der Waals surface area contributed by atoms with Crippen LogP contribution in [0, 0.1) is 11.6 Å². The number of aryl methyl sites for hydroxylation is 1. The summed E-state index contributed by atoms with van der Waals surface area (Å²) in [6, 6.07) is 1.91. The van der Waals surface area contributed by atoms with Gasteiger partial charge in [0.15, 0.2) is 0 Å². The van der Waals surface area contributed by atoms with Crippen LogP contribution in [0.15, 0.2) is 12.1 Å². The number of hydrogen-bond acceptors (Lipinski definition) is 1. The van der Waals surface area contributed by atoms with Crippen molar-refractivity contribution in [3.05, 3.63) is 34.9 Å². The lowest BCUT2D eigenvalue weighted by Crippen LogP contribution is -2.14. The largest absolute Gasteiger partial charge is 0.324 e. The first-order chi connectivity index (χ1) is 6.60. The molecule has 1 atom stereocenters. The highest BCUT2D eigenvalue weighted by molar-refractivity contribution is 5.32. The maximum Gasteiger partial charge on any atom is 0.131 e. The Kier molecular flexibility index (Phi) is 3.58. The zero-order valence-corrected chi connectivity index (χ0v) is 8.48. The number of nitrogens with two attached hydrogens (primary N) is 1. The Morgan fingerprint density at radius 3 is 2.43 bits per heavy atom. The highest BCUT2D eigenvalue weighted by Crippen LogP contribution is 2.23. The van der Waals surface area contributed by atoms with Gasteiger partial charge in [-0.3, -0.25) is 0 Å². The van der Waals surface area contributed by atoms with Crippen molar-refractivity contribution in [2.75, 3.05) is 0 Å². The molecule has 0 radical (unpaired) electrons. The molecule has 14 heavy (non-hydrogen) atoms. The summed E-state index contributed by atoms with van der Waals surface area (Å²) in [4.78, 5) is 0. The lowest BCUT2D eigenvalue weighted by Gasteiger charge is -2.15. The standard InChI is InChI=1S/C11H15F2N/c1-3-7-5-8(12)6-9(13)11(7)10(14)4-2/h5-6,10H,3-4,14H2,1-2H3. The van der Waals surface area contributed by atoms with E-state index in [0.717, 1.165) is 6.07 Å². The fourth-order valence-electron chi connectivity index (χ4n) is 1.55. The Bertz CT molecular complexity index is 323. The third kappa shape index (κ3) is 2.10. The van der Waals surface area contributed by atoms with Crippen molar-refractivity contribution in [1.82, 2.24) is 0 Å². The summed E-state index contributed by atoms with van der Waals surface area (Å²) in [5.74, 6) is -1.07. The maximum absolute atomic E-state index is 13.4. The third-order valence-corrected chi connectivity index (χ3v) is 2.37. The summed E-state index contributed by atoms with van der Waals surface area (Å²) >= 11 is 0. The first kappa shape index (κ1) is 11.1. The molecule has 2 N–H and O–H groups in total. The quantitative estimate of drug-likeness (QED) is 0.795. The Balaban J connectivity index is 3.24. The highest BCUT2D eigenvalue weighted by Gasteiger charge is 2.15. The smallest absolute Gasteiger partial charge is 0.131 e. The predicted molar refractivity (Wildman–Crippen MR) is 53.0 cm³/mol. The van der Waals surface area contributed by atoms with E-state index in [4.69, 9.17) is 5.73 Å². The van der Waals surface area contributed by atoms with Crippen LogP contribution in [0.1, 0.15) is 37.4 Å². The highest BCUT2D eigenvalue weighted by atomic mass is 19.1. The van der Waals surface area contributed by atoms with Gasteiger partial charge in [-0.1, -0.05) is 13.8 Å². The molecule has 0 fully saturated rings. The molecule has 0 aliphatic heterocycles. The van der Waals surface area contributed by atoms with Gasteiger partial charge in [-0.2, -0.15) is 0 Å². The summed E-state index contributed by atoms with van der Waals surface area (Å²) < 4.78 is 26.3. The minimum absolute atomic E-state index is 0.342. The van der Waals surface area contributed by atoms with Crippen LogP contribution in [0.3, 0.4) is 0 Å². The summed E-state index contributed by atoms with van der Waals surface area (Å²) in [5.41, 5.74) is 6.88. The molecule has 1 aromatic carbocycles. The van der Waals surface area contributed by atoms with Crippen LogP contribution in [0.25, 0.3) is 0 Å². The molecule has 0 heterocycles. The molecule has 0 bridgehead atoms. The topological polar surface area (TPSA) is 26.0 Å². The second kappa shape index (κ2) is 4.51. The van der Waals surface area contributed by atoms with Gasteiger partial charge in [-0.25, -0.2) is 8.78 Å². The van der Waals surface area contributed by atoms with Crippen LogP contribution >= 0.6 is 0 Å². The van der Waals surface area contributed by atoms with E-state index in [1.807, 2.05) is 13.8 Å². The van der Waals surface area contributed by atoms with Crippen molar-refractivity contribution >= 4 is 0 Å². The molecule has 1 aromatic rings. The van der Waals surface area contributed by atoms with E-state index in [2.05, 4.69) is 0 Å². The van der Waals surface area contributed by atoms with Gasteiger partial charge in [0.05, 0.1) is 0 Å². The zero-order chi connectivity index (χ0) is 10.7. The van der Waals surface area contributed by atoms with Crippen molar-refractivity contribution in [2.45, 2.75) is 32.7 Å². The van der Waals surface area contributed by atoms with E-state index in [9.17, 15) is 8.78 Å². The Morgan fingerprint density at radius 2 is 1.93 bits per heavy atom. The second-order valence-electron chi connectivity index (χ2n) is 3.33. The predicted octanol–water partition coefficient (Wildman–Crippen LogP) is 2.94. The first-order valence-electron chi connectivity index (χ1n) is 4.83. The van der Waals surface area contributed by atoms with Crippen molar-refractivity contribution in [3.8, 4) is 0 Å². The van der Waals surface area contributed by atoms with E-state index in [1.54, 1.807) is 0 Å². The molecule has 1 nitrogen and oxygen atoms in total. The molecule has 1 rings (SSSR count). The Morgan fingerprint density at radius 1 is 1.29 bits per heavy atom. The van der Waals surface area contributed by atoms with E-state index in [1.165, 1.54) is 6.07 Å². The fraction of sp³-hybridized carbons (Fsp3) is 0.455. The summed E-state index contributed by atoms with van der Waals surface area (Å²) in [7, 11) is 0. The van der Waals surface area contributed by atoms with Crippen LogP contribution in [-0.2, 0) is 6.42 Å². The molecular weight excluding hydrogens is 184 g/mol. The summed E-state index contributed by atoms with van der Waals surface area (Å²) in [5, 5.41) is 0. The molecule has 1 unspecified atom stereocenters. The average molecular weight is 199 g/mol. The van der Waals surface area contributed by atoms with Crippen molar-refractivity contribution in [3.63, 3.8) is 0 Å². The average Bonchev–Trinajstić information content (AvgIpc) is 2.15. The molecule has 3 heteroatoms. The normalized spacial score (nSPS) is 12.9. The molecule has 0 spiro atoms. The number of hydrogen-bond donors (Lipinski definition) is 1. The van der Waals surface area contributed by atoms with Gasteiger partial charge < -0.3 is 5.73 Å². The van der Waals surface area contributed by atoms with Gasteiger partial charge in [-0.15, -0.1) is 0 Å². The van der Waals surface area contributed by atoms with Crippen molar-refractivity contribution in [1.29, 1.82) is 0 Å². The Hall–Kier alpha value is -0.960. The van der Waals surface area contributed by atoms with E-state index < -0.39 is 11.6 Å². The lowest BCUT2D eigenvalue weighted by atomic mass is 9.97. The van der Waals surface area contributed by atoms with Crippen LogP contribution in [-0.4, -0.2) is 0 Å². The van der Waals surface area contributed by atoms with E-state index in [0.29, 0.717) is 24.0 Å². The molecule has 0 saturated carbocycles. The van der Waals surface area contributed by atoms with Crippen LogP contribution in [0.2, 0.25) is 0 Å². The minimum Gasteiger partial charge on any atom is -0.324 e. The van der Waals surface area contributed by atoms with E-state index >= 15 is 0 Å². The zero-order valence-electron chi connectivity index (χ0n) is 8.48. The minimum atomic E-state index is -0.536. The summed E-state index contributed by atoms with van der Waals surface area (Å²) in [6.07, 6.45) is 1.24. The van der Waals surface area contributed by atoms with Gasteiger partial charge in [0.1, 0.15) is 11.6 Å². The van der Waals surface area contributed by atoms with Gasteiger partial charge in [0.2, 0.25) is 0 Å². The van der Waals surface area contributed by atoms with Gasteiger partial charge in [-0.05, 0) is 24.5 Å². The van der Waals surface area contributed by atoms with Crippen LogP contribution in [0.4, 0.5) is 8.78 Å². The van der Waals surface area contributed by atoms with Crippen LogP contribution in [0.5, 0.6) is 0 Å². The van der Waals surface area contributed by atoms with Gasteiger partial charge >= 0.3 is 0 Å². The third-order valence-electron chi connectivity index (χ3n) is 2.37.